The molecule has 19 heavy (non-hydrogen) atoms. The number of thiol groups is 1. The number of ketones is 1. The lowest BCUT2D eigenvalue weighted by Gasteiger charge is -2.37. The van der Waals surface area contributed by atoms with Crippen LogP contribution >= 0.6 is 24.2 Å². The number of carbonyl (C=O) groups excluding carboxylic acids is 2. The normalized spacial score (nSPS) is 14.4. The van der Waals surface area contributed by atoms with Crippen molar-refractivity contribution in [1.29, 1.82) is 0 Å². The minimum absolute atomic E-state index is 0.399. The van der Waals surface area contributed by atoms with Crippen LogP contribution < -0.4 is 0 Å². The molecule has 0 spiro atoms. The summed E-state index contributed by atoms with van der Waals surface area (Å²) >= 11 is 9.49. The van der Waals surface area contributed by atoms with Crippen molar-refractivity contribution in [3.63, 3.8) is 0 Å². The molecule has 110 valence electrons. The fraction of sp³-hybridized carbons (Fsp3) is 0.727. The summed E-state index contributed by atoms with van der Waals surface area (Å²) in [6.45, 7) is 5.92. The Hall–Kier alpha value is -0.950. The second kappa shape index (κ2) is 6.47. The Labute approximate surface area is 122 Å². The smallest absolute Gasteiger partial charge is 0.412 e. The van der Waals surface area contributed by atoms with Gasteiger partial charge in [-0.05, 0) is 27.7 Å². The number of ether oxygens (including phenoxy) is 1. The Morgan fingerprint density at radius 1 is 1.32 bits per heavy atom. The van der Waals surface area contributed by atoms with E-state index in [0.29, 0.717) is 4.90 Å². The fourth-order valence-electron chi connectivity index (χ4n) is 1.34. The van der Waals surface area contributed by atoms with Crippen LogP contribution in [0.5, 0.6) is 0 Å². The maximum absolute atomic E-state index is 12.0. The molecule has 0 saturated carbocycles. The van der Waals surface area contributed by atoms with Crippen LogP contribution in [0.1, 0.15) is 27.7 Å². The van der Waals surface area contributed by atoms with E-state index in [1.54, 1.807) is 20.8 Å². The molecule has 0 unspecified atom stereocenters. The number of nitrogens with zero attached hydrogens (tertiary/aromatic N) is 1. The number of amides is 1. The number of Topliss-reactive ketones (excluding diaryl/α,β-unsaturated/α-hetero) is 1. The number of hydrogen-bond donors (Lipinski definition) is 2. The van der Waals surface area contributed by atoms with Gasteiger partial charge in [-0.25, -0.2) is 9.59 Å². The molecular weight excluding hydrogens is 294 g/mol. The minimum Gasteiger partial charge on any atom is -0.479 e. The van der Waals surface area contributed by atoms with E-state index in [-0.39, 0.29) is 0 Å². The van der Waals surface area contributed by atoms with Gasteiger partial charge in [-0.2, -0.15) is 12.6 Å². The van der Waals surface area contributed by atoms with Crippen LogP contribution in [-0.4, -0.2) is 50.7 Å². The number of carboxylic acid groups (broad SMARTS) is 1. The predicted octanol–water partition coefficient (Wildman–Crippen LogP) is 1.76. The molecular formula is C11H18ClNO5S. The number of alkyl halides is 1. The van der Waals surface area contributed by atoms with Gasteiger partial charge in [-0.1, -0.05) is 0 Å². The van der Waals surface area contributed by atoms with Gasteiger partial charge in [0.1, 0.15) is 11.6 Å². The number of rotatable bonds is 5. The zero-order valence-corrected chi connectivity index (χ0v) is 12.9. The third-order valence-electron chi connectivity index (χ3n) is 2.36. The topological polar surface area (TPSA) is 83.9 Å². The number of carboxylic acids is 1. The predicted molar refractivity (Wildman–Crippen MR) is 73.7 cm³/mol. The van der Waals surface area contributed by atoms with Crippen molar-refractivity contribution >= 4 is 42.1 Å². The van der Waals surface area contributed by atoms with E-state index in [0.717, 1.165) is 6.92 Å². The molecule has 0 aliphatic carbocycles. The standard InChI is InChI=1S/C11H18ClNO5S/c1-7(14)11(5-19,8(15)16)13(6-12)9(17)18-10(2,3)4/h19H,5-6H2,1-4H3,(H,15,16)/t11-/m0/s1. The summed E-state index contributed by atoms with van der Waals surface area (Å²) in [6, 6.07) is -0.499. The van der Waals surface area contributed by atoms with Crippen LogP contribution in [0, 0.1) is 0 Å². The van der Waals surface area contributed by atoms with Crippen LogP contribution in [0.2, 0.25) is 0 Å². The lowest BCUT2D eigenvalue weighted by molar-refractivity contribution is -0.154. The Balaban J connectivity index is 5.57. The third-order valence-corrected chi connectivity index (χ3v) is 3.06. The van der Waals surface area contributed by atoms with Crippen molar-refractivity contribution in [2.45, 2.75) is 38.8 Å². The maximum atomic E-state index is 12.0. The van der Waals surface area contributed by atoms with Gasteiger partial charge in [0.15, 0.2) is 5.78 Å². The van der Waals surface area contributed by atoms with Crippen LogP contribution in [0.25, 0.3) is 0 Å². The van der Waals surface area contributed by atoms with Gasteiger partial charge in [0.2, 0.25) is 5.54 Å². The number of hydrogen-bond acceptors (Lipinski definition) is 5. The van der Waals surface area contributed by atoms with E-state index >= 15 is 0 Å². The molecule has 1 atom stereocenters. The molecule has 8 heteroatoms. The summed E-state index contributed by atoms with van der Waals surface area (Å²) in [4.78, 5) is 35.7. The highest BCUT2D eigenvalue weighted by Crippen LogP contribution is 2.23. The van der Waals surface area contributed by atoms with Crippen molar-refractivity contribution < 1.29 is 24.2 Å². The molecule has 0 aromatic rings. The SMILES string of the molecule is CC(=O)[C@@](CS)(C(=O)O)N(CCl)C(=O)OC(C)(C)C. The van der Waals surface area contributed by atoms with Crippen molar-refractivity contribution in [2.75, 3.05) is 11.8 Å². The van der Waals surface area contributed by atoms with Gasteiger partial charge in [0.25, 0.3) is 0 Å². The second-order valence-corrected chi connectivity index (χ2v) is 5.46. The number of aliphatic carboxylic acids is 1. The summed E-state index contributed by atoms with van der Waals surface area (Å²) < 4.78 is 5.05. The molecule has 0 aromatic heterocycles. The number of carbonyl (C=O) groups is 3. The van der Waals surface area contributed by atoms with Gasteiger partial charge in [0, 0.05) is 5.75 Å². The first-order valence-corrected chi connectivity index (χ1v) is 6.61. The zero-order valence-electron chi connectivity index (χ0n) is 11.3. The molecule has 0 saturated heterocycles. The zero-order chi connectivity index (χ0) is 15.4. The quantitative estimate of drug-likeness (QED) is 0.350. The first-order valence-electron chi connectivity index (χ1n) is 5.44. The van der Waals surface area contributed by atoms with E-state index < -0.39 is 40.7 Å². The van der Waals surface area contributed by atoms with Crippen molar-refractivity contribution in [1.82, 2.24) is 4.90 Å². The van der Waals surface area contributed by atoms with E-state index in [1.807, 2.05) is 0 Å². The highest BCUT2D eigenvalue weighted by atomic mass is 35.5. The third kappa shape index (κ3) is 4.01. The number of halogens is 1. The Bertz CT molecular complexity index is 366. The van der Waals surface area contributed by atoms with E-state index in [2.05, 4.69) is 12.6 Å². The average molecular weight is 312 g/mol. The van der Waals surface area contributed by atoms with Crippen molar-refractivity contribution in [3.8, 4) is 0 Å². The monoisotopic (exact) mass is 311 g/mol. The summed E-state index contributed by atoms with van der Waals surface area (Å²) in [5.41, 5.74) is -2.97. The average Bonchev–Trinajstić information content (AvgIpc) is 2.21. The second-order valence-electron chi connectivity index (χ2n) is 4.91. The van der Waals surface area contributed by atoms with Crippen LogP contribution in [-0.2, 0) is 14.3 Å². The van der Waals surface area contributed by atoms with Gasteiger partial charge in [0.05, 0.1) is 0 Å². The van der Waals surface area contributed by atoms with Crippen LogP contribution in [0.4, 0.5) is 4.79 Å². The van der Waals surface area contributed by atoms with Gasteiger partial charge >= 0.3 is 12.1 Å². The molecule has 0 aliphatic rings. The molecule has 0 rings (SSSR count). The molecule has 0 radical (unpaired) electrons. The fourth-order valence-corrected chi connectivity index (χ4v) is 2.17. The van der Waals surface area contributed by atoms with E-state index in [1.165, 1.54) is 0 Å². The van der Waals surface area contributed by atoms with Crippen molar-refractivity contribution in [3.05, 3.63) is 0 Å². The molecule has 1 N–H and O–H groups in total. The van der Waals surface area contributed by atoms with Crippen LogP contribution in [0.15, 0.2) is 0 Å². The minimum atomic E-state index is -2.13. The molecule has 0 fully saturated rings. The lowest BCUT2D eigenvalue weighted by atomic mass is 9.96. The molecule has 0 aliphatic heterocycles. The molecule has 0 heterocycles. The summed E-state index contributed by atoms with van der Waals surface area (Å²) in [6.07, 6.45) is -0.978. The Kier molecular flexibility index (Phi) is 6.15. The first-order chi connectivity index (χ1) is 8.52. The molecule has 0 aromatic carbocycles. The highest BCUT2D eigenvalue weighted by Gasteiger charge is 2.51. The van der Waals surface area contributed by atoms with E-state index in [4.69, 9.17) is 16.3 Å². The molecule has 1 amide bonds. The highest BCUT2D eigenvalue weighted by molar-refractivity contribution is 7.80. The van der Waals surface area contributed by atoms with Gasteiger partial charge in [-0.3, -0.25) is 9.69 Å². The summed E-state index contributed by atoms with van der Waals surface area (Å²) in [5.74, 6) is -2.65. The van der Waals surface area contributed by atoms with Crippen molar-refractivity contribution in [2.24, 2.45) is 0 Å². The summed E-state index contributed by atoms with van der Waals surface area (Å²) in [5, 5.41) is 9.27. The maximum Gasteiger partial charge on any atom is 0.412 e. The van der Waals surface area contributed by atoms with Gasteiger partial charge < -0.3 is 9.84 Å². The van der Waals surface area contributed by atoms with Crippen LogP contribution in [0.3, 0.4) is 0 Å². The first kappa shape index (κ1) is 18.0. The van der Waals surface area contributed by atoms with E-state index in [9.17, 15) is 19.5 Å². The Morgan fingerprint density at radius 3 is 2.00 bits per heavy atom. The molecule has 6 nitrogen and oxygen atoms in total. The van der Waals surface area contributed by atoms with Gasteiger partial charge in [-0.15, -0.1) is 11.6 Å². The lowest BCUT2D eigenvalue weighted by Crippen LogP contribution is -2.63. The largest absolute Gasteiger partial charge is 0.479 e. The Morgan fingerprint density at radius 2 is 1.79 bits per heavy atom. The molecule has 0 bridgehead atoms. The summed E-state index contributed by atoms with van der Waals surface area (Å²) in [7, 11) is 0.